The summed E-state index contributed by atoms with van der Waals surface area (Å²) in [6.07, 6.45) is 0. The van der Waals surface area contributed by atoms with Crippen LogP contribution in [0.3, 0.4) is 0 Å². The van der Waals surface area contributed by atoms with Crippen molar-refractivity contribution in [1.82, 2.24) is 9.13 Å². The minimum Gasteiger partial charge on any atom is -0.307 e. The molecule has 8 aromatic rings. The molecule has 178 valence electrons. The number of fused-ring (bicyclic) bond motifs is 6. The number of hydrogen-bond acceptors (Lipinski definition) is 0. The molecule has 2 aromatic heterocycles. The Kier molecular flexibility index (Phi) is 2.69. The van der Waals surface area contributed by atoms with E-state index in [1.54, 1.807) is 24.3 Å². The molecule has 0 aliphatic carbocycles. The fraction of sp³-hybridized carbons (Fsp3) is 0. The number of aromatic nitrogens is 2. The fourth-order valence-electron chi connectivity index (χ4n) is 5.33. The molecule has 0 amide bonds. The first-order valence-corrected chi connectivity index (χ1v) is 12.1. The van der Waals surface area contributed by atoms with Crippen molar-refractivity contribution in [3.63, 3.8) is 0 Å². The van der Waals surface area contributed by atoms with Gasteiger partial charge in [-0.25, -0.2) is 0 Å². The molecule has 2 heteroatoms. The second-order valence-electron chi connectivity index (χ2n) is 8.93. The first kappa shape index (κ1) is 12.4. The van der Waals surface area contributed by atoms with Crippen LogP contribution in [0.4, 0.5) is 0 Å². The standard InChI is InChI=1S/C36H24N2/c1-2-12-25(13-3-1)26-14-10-15-27(24-26)37-32-20-7-6-18-30(32)31-19-11-23-35(36(31)37)38-33-21-8-4-16-28(33)29-17-5-9-22-34(29)38/h1-24H/i1D,2D,3D,6D,7D,11D,12D,13D,18D,19D,20D,23D. The van der Waals surface area contributed by atoms with E-state index in [0.29, 0.717) is 11.0 Å². The highest BCUT2D eigenvalue weighted by Gasteiger charge is 2.19. The molecule has 0 aliphatic heterocycles. The summed E-state index contributed by atoms with van der Waals surface area (Å²) in [6.45, 7) is 0. The third-order valence-corrected chi connectivity index (χ3v) is 6.89. The van der Waals surface area contributed by atoms with Crippen molar-refractivity contribution in [3.05, 3.63) is 145 Å². The lowest BCUT2D eigenvalue weighted by Crippen LogP contribution is -2.00. The van der Waals surface area contributed by atoms with Crippen LogP contribution in [0, 0.1) is 0 Å². The van der Waals surface area contributed by atoms with Crippen molar-refractivity contribution in [2.24, 2.45) is 0 Å². The fourth-order valence-corrected chi connectivity index (χ4v) is 5.33. The maximum absolute atomic E-state index is 9.35. The predicted octanol–water partition coefficient (Wildman–Crippen LogP) is 9.55. The van der Waals surface area contributed by atoms with Crippen LogP contribution in [0.25, 0.3) is 66.1 Å². The van der Waals surface area contributed by atoms with Crippen LogP contribution < -0.4 is 0 Å². The lowest BCUT2D eigenvalue weighted by molar-refractivity contribution is 1.13. The molecule has 8 rings (SSSR count). The minimum absolute atomic E-state index is 0.000251. The maximum atomic E-state index is 9.35. The van der Waals surface area contributed by atoms with Gasteiger partial charge in [0.2, 0.25) is 0 Å². The first-order chi connectivity index (χ1) is 23.9. The Morgan fingerprint density at radius 1 is 0.447 bits per heavy atom. The van der Waals surface area contributed by atoms with Gasteiger partial charge in [0.1, 0.15) is 0 Å². The molecule has 0 fully saturated rings. The topological polar surface area (TPSA) is 9.86 Å². The maximum Gasteiger partial charge on any atom is 0.0782 e. The Labute approximate surface area is 237 Å². The van der Waals surface area contributed by atoms with Crippen molar-refractivity contribution in [2.45, 2.75) is 0 Å². The van der Waals surface area contributed by atoms with Gasteiger partial charge in [0.15, 0.2) is 0 Å². The summed E-state index contributed by atoms with van der Waals surface area (Å²) in [5, 5.41) is 1.79. The Bertz CT molecular complexity index is 2720. The van der Waals surface area contributed by atoms with E-state index in [4.69, 9.17) is 15.1 Å². The van der Waals surface area contributed by atoms with Crippen LogP contribution in [0.1, 0.15) is 16.4 Å². The van der Waals surface area contributed by atoms with Crippen molar-refractivity contribution in [2.75, 3.05) is 0 Å². The van der Waals surface area contributed by atoms with Crippen LogP contribution >= 0.6 is 0 Å². The average molecular weight is 497 g/mol. The molecular weight excluding hydrogens is 460 g/mol. The molecule has 0 saturated heterocycles. The summed E-state index contributed by atoms with van der Waals surface area (Å²) in [5.74, 6) is 0. The van der Waals surface area contributed by atoms with Gasteiger partial charge in [0.05, 0.1) is 44.2 Å². The molecule has 0 spiro atoms. The molecule has 0 atom stereocenters. The van der Waals surface area contributed by atoms with E-state index in [0.717, 1.165) is 10.8 Å². The zero-order valence-corrected chi connectivity index (χ0v) is 19.8. The van der Waals surface area contributed by atoms with Crippen molar-refractivity contribution in [1.29, 1.82) is 0 Å². The number of nitrogens with zero attached hydrogens (tertiary/aromatic N) is 2. The smallest absolute Gasteiger partial charge is 0.0782 e. The highest BCUT2D eigenvalue weighted by Crippen LogP contribution is 2.39. The van der Waals surface area contributed by atoms with Gasteiger partial charge in [-0.15, -0.1) is 0 Å². The van der Waals surface area contributed by atoms with E-state index in [9.17, 15) is 1.37 Å². The second-order valence-corrected chi connectivity index (χ2v) is 8.93. The molecular formula is C36H24N2. The van der Waals surface area contributed by atoms with E-state index >= 15 is 0 Å². The van der Waals surface area contributed by atoms with Gasteiger partial charge in [-0.1, -0.05) is 109 Å². The van der Waals surface area contributed by atoms with Crippen molar-refractivity contribution in [3.8, 4) is 22.5 Å². The van der Waals surface area contributed by atoms with Gasteiger partial charge in [0.25, 0.3) is 0 Å². The molecule has 0 aliphatic rings. The molecule has 6 aromatic carbocycles. The molecule has 0 bridgehead atoms. The van der Waals surface area contributed by atoms with Gasteiger partial charge in [-0.05, 0) is 47.5 Å². The van der Waals surface area contributed by atoms with Crippen molar-refractivity contribution >= 4 is 43.6 Å². The highest BCUT2D eigenvalue weighted by atomic mass is 15.1. The van der Waals surface area contributed by atoms with E-state index in [-0.39, 0.29) is 56.4 Å². The largest absolute Gasteiger partial charge is 0.307 e. The lowest BCUT2D eigenvalue weighted by Gasteiger charge is -2.15. The molecule has 0 radical (unpaired) electrons. The third-order valence-electron chi connectivity index (χ3n) is 6.89. The Morgan fingerprint density at radius 2 is 1.13 bits per heavy atom. The molecule has 2 heterocycles. The van der Waals surface area contributed by atoms with Gasteiger partial charge in [0, 0.05) is 27.2 Å². The molecule has 38 heavy (non-hydrogen) atoms. The summed E-state index contributed by atoms with van der Waals surface area (Å²) in [6, 6.07) is 16.2. The third kappa shape index (κ3) is 3.01. The van der Waals surface area contributed by atoms with Gasteiger partial charge >= 0.3 is 0 Å². The number of benzene rings is 6. The molecule has 0 saturated carbocycles. The molecule has 0 N–H and O–H groups in total. The lowest BCUT2D eigenvalue weighted by atomic mass is 10.1. The summed E-state index contributed by atoms with van der Waals surface area (Å²) in [7, 11) is 0. The van der Waals surface area contributed by atoms with Gasteiger partial charge in [-0.2, -0.15) is 0 Å². The quantitative estimate of drug-likeness (QED) is 0.230. The Balaban J connectivity index is 1.63. The Hall–Kier alpha value is -5.08. The Morgan fingerprint density at radius 3 is 1.92 bits per heavy atom. The zero-order chi connectivity index (χ0) is 35.5. The van der Waals surface area contributed by atoms with Crippen molar-refractivity contribution < 1.29 is 16.4 Å². The van der Waals surface area contributed by atoms with Crippen LogP contribution in [-0.2, 0) is 0 Å². The summed E-state index contributed by atoms with van der Waals surface area (Å²) in [4.78, 5) is 0. The van der Waals surface area contributed by atoms with E-state index in [1.165, 1.54) is 4.57 Å². The van der Waals surface area contributed by atoms with Gasteiger partial charge < -0.3 is 9.13 Å². The average Bonchev–Trinajstić information content (AvgIpc) is 3.65. The first-order valence-electron chi connectivity index (χ1n) is 18.1. The van der Waals surface area contributed by atoms with Crippen LogP contribution in [0.15, 0.2) is 145 Å². The predicted molar refractivity (Wildman–Crippen MR) is 161 cm³/mol. The summed E-state index contributed by atoms with van der Waals surface area (Å²) < 4.78 is 108. The SMILES string of the molecule is [2H]c1c([2H])c([2H])c(-c2cccc(-n3c4c([2H])c([2H])c([2H])c([2H])c4c4c([2H])c([2H])c([2H])c(-n5c6ccccc6c6ccccc65)c43)c2)c([2H])c1[2H]. The van der Waals surface area contributed by atoms with E-state index < -0.39 is 60.4 Å². The van der Waals surface area contributed by atoms with E-state index in [2.05, 4.69) is 0 Å². The molecule has 0 unspecified atom stereocenters. The normalized spacial score (nSPS) is 16.1. The number of rotatable bonds is 3. The zero-order valence-electron chi connectivity index (χ0n) is 31.8. The second kappa shape index (κ2) is 8.22. The van der Waals surface area contributed by atoms with E-state index in [1.807, 2.05) is 53.1 Å². The van der Waals surface area contributed by atoms with Crippen LogP contribution in [0.5, 0.6) is 0 Å². The highest BCUT2D eigenvalue weighted by molar-refractivity contribution is 6.15. The molecule has 2 nitrogen and oxygen atoms in total. The summed E-state index contributed by atoms with van der Waals surface area (Å²) >= 11 is 0. The van der Waals surface area contributed by atoms with Gasteiger partial charge in [-0.3, -0.25) is 0 Å². The number of para-hydroxylation sites is 4. The monoisotopic (exact) mass is 496 g/mol. The van der Waals surface area contributed by atoms with Crippen LogP contribution in [0.2, 0.25) is 0 Å². The summed E-state index contributed by atoms with van der Waals surface area (Å²) in [5.41, 5.74) is 2.25. The minimum atomic E-state index is -0.536. The number of hydrogen-bond donors (Lipinski definition) is 0. The van der Waals surface area contributed by atoms with Crippen LogP contribution in [-0.4, -0.2) is 9.13 Å².